The van der Waals surface area contributed by atoms with E-state index in [0.29, 0.717) is 13.0 Å². The van der Waals surface area contributed by atoms with Crippen LogP contribution in [-0.2, 0) is 14.3 Å². The molecule has 0 bridgehead atoms. The molecule has 0 aliphatic rings. The molecule has 0 aliphatic carbocycles. The van der Waals surface area contributed by atoms with Crippen LogP contribution < -0.4 is 0 Å². The predicted molar refractivity (Wildman–Crippen MR) is 42.2 cm³/mol. The Morgan fingerprint density at radius 3 is 2.73 bits per heavy atom. The topological polar surface area (TPSA) is 35.5 Å². The highest BCUT2D eigenvalue weighted by Gasteiger charge is 2.16. The molecule has 0 N–H and O–H groups in total. The SMILES string of the molecule is C=CCC(OC)C(=O)OCC. The quantitative estimate of drug-likeness (QED) is 0.444. The molecule has 3 heteroatoms. The maximum absolute atomic E-state index is 11.0. The van der Waals surface area contributed by atoms with Crippen molar-refractivity contribution in [1.29, 1.82) is 0 Å². The number of hydrogen-bond donors (Lipinski definition) is 0. The molecule has 64 valence electrons. The van der Waals surface area contributed by atoms with Gasteiger partial charge in [0.05, 0.1) is 6.61 Å². The number of esters is 1. The summed E-state index contributed by atoms with van der Waals surface area (Å²) in [7, 11) is 1.48. The van der Waals surface area contributed by atoms with Gasteiger partial charge in [-0.15, -0.1) is 6.58 Å². The molecule has 0 radical (unpaired) electrons. The number of methoxy groups -OCH3 is 1. The Morgan fingerprint density at radius 2 is 2.36 bits per heavy atom. The van der Waals surface area contributed by atoms with Crippen LogP contribution in [0.1, 0.15) is 13.3 Å². The van der Waals surface area contributed by atoms with E-state index in [4.69, 9.17) is 9.47 Å². The van der Waals surface area contributed by atoms with Crippen molar-refractivity contribution in [1.82, 2.24) is 0 Å². The number of ether oxygens (including phenoxy) is 2. The zero-order chi connectivity index (χ0) is 8.69. The van der Waals surface area contributed by atoms with Gasteiger partial charge in [-0.25, -0.2) is 4.79 Å². The maximum Gasteiger partial charge on any atom is 0.335 e. The van der Waals surface area contributed by atoms with E-state index in [1.165, 1.54) is 7.11 Å². The molecular weight excluding hydrogens is 144 g/mol. The molecule has 0 saturated heterocycles. The van der Waals surface area contributed by atoms with Crippen LogP contribution in [0.2, 0.25) is 0 Å². The van der Waals surface area contributed by atoms with Gasteiger partial charge in [0.1, 0.15) is 0 Å². The van der Waals surface area contributed by atoms with Gasteiger partial charge in [0.25, 0.3) is 0 Å². The first-order valence-electron chi connectivity index (χ1n) is 3.56. The standard InChI is InChI=1S/C8H14O3/c1-4-6-7(10-3)8(9)11-5-2/h4,7H,1,5-6H2,2-3H3. The minimum Gasteiger partial charge on any atom is -0.464 e. The van der Waals surface area contributed by atoms with Gasteiger partial charge in [0.15, 0.2) is 6.10 Å². The lowest BCUT2D eigenvalue weighted by atomic mass is 10.2. The Hall–Kier alpha value is -0.830. The van der Waals surface area contributed by atoms with Gasteiger partial charge in [-0.2, -0.15) is 0 Å². The second kappa shape index (κ2) is 5.92. The van der Waals surface area contributed by atoms with E-state index in [1.807, 2.05) is 0 Å². The smallest absolute Gasteiger partial charge is 0.335 e. The minimum absolute atomic E-state index is 0.324. The van der Waals surface area contributed by atoms with Crippen LogP contribution >= 0.6 is 0 Å². The third-order valence-electron chi connectivity index (χ3n) is 1.21. The molecule has 0 spiro atoms. The van der Waals surface area contributed by atoms with E-state index < -0.39 is 6.10 Å². The molecule has 3 nitrogen and oxygen atoms in total. The van der Waals surface area contributed by atoms with E-state index in [-0.39, 0.29) is 5.97 Å². The molecule has 0 saturated carbocycles. The Kier molecular flexibility index (Phi) is 5.47. The zero-order valence-electron chi connectivity index (χ0n) is 7.00. The fourth-order valence-electron chi connectivity index (χ4n) is 0.675. The molecule has 0 aliphatic heterocycles. The van der Waals surface area contributed by atoms with E-state index in [9.17, 15) is 4.79 Å². The van der Waals surface area contributed by atoms with Crippen molar-refractivity contribution in [2.75, 3.05) is 13.7 Å². The van der Waals surface area contributed by atoms with Gasteiger partial charge in [0, 0.05) is 13.5 Å². The van der Waals surface area contributed by atoms with Crippen molar-refractivity contribution in [2.24, 2.45) is 0 Å². The van der Waals surface area contributed by atoms with Crippen molar-refractivity contribution in [3.63, 3.8) is 0 Å². The molecule has 0 rings (SSSR count). The van der Waals surface area contributed by atoms with E-state index in [1.54, 1.807) is 13.0 Å². The summed E-state index contributed by atoms with van der Waals surface area (Å²) in [5.41, 5.74) is 0. The average Bonchev–Trinajstić information content (AvgIpc) is 2.00. The van der Waals surface area contributed by atoms with Crippen molar-refractivity contribution >= 4 is 5.97 Å². The number of carbonyl (C=O) groups is 1. The van der Waals surface area contributed by atoms with Gasteiger partial charge in [-0.1, -0.05) is 6.08 Å². The zero-order valence-corrected chi connectivity index (χ0v) is 7.00. The Labute approximate surface area is 67.0 Å². The average molecular weight is 158 g/mol. The number of hydrogen-bond acceptors (Lipinski definition) is 3. The monoisotopic (exact) mass is 158 g/mol. The highest BCUT2D eigenvalue weighted by atomic mass is 16.6. The highest BCUT2D eigenvalue weighted by Crippen LogP contribution is 2.00. The Morgan fingerprint density at radius 1 is 1.73 bits per heavy atom. The fourth-order valence-corrected chi connectivity index (χ4v) is 0.675. The normalized spacial score (nSPS) is 12.2. The van der Waals surface area contributed by atoms with Gasteiger partial charge in [-0.3, -0.25) is 0 Å². The molecule has 1 unspecified atom stereocenters. The van der Waals surface area contributed by atoms with Gasteiger partial charge >= 0.3 is 5.97 Å². The van der Waals surface area contributed by atoms with Crippen molar-refractivity contribution in [3.8, 4) is 0 Å². The predicted octanol–water partition coefficient (Wildman–Crippen LogP) is 1.14. The molecule has 11 heavy (non-hydrogen) atoms. The molecule has 1 atom stereocenters. The van der Waals surface area contributed by atoms with Crippen LogP contribution in [-0.4, -0.2) is 25.8 Å². The highest BCUT2D eigenvalue weighted by molar-refractivity contribution is 5.74. The van der Waals surface area contributed by atoms with Gasteiger partial charge in [-0.05, 0) is 6.92 Å². The molecule has 0 aromatic heterocycles. The van der Waals surface area contributed by atoms with E-state index in [2.05, 4.69) is 6.58 Å². The lowest BCUT2D eigenvalue weighted by Crippen LogP contribution is -2.24. The van der Waals surface area contributed by atoms with Crippen LogP contribution in [0, 0.1) is 0 Å². The summed E-state index contributed by atoms with van der Waals surface area (Å²) in [5.74, 6) is -0.324. The first-order valence-corrected chi connectivity index (χ1v) is 3.56. The van der Waals surface area contributed by atoms with Crippen LogP contribution in [0.3, 0.4) is 0 Å². The summed E-state index contributed by atoms with van der Waals surface area (Å²) in [4.78, 5) is 11.0. The third-order valence-corrected chi connectivity index (χ3v) is 1.21. The molecule has 0 amide bonds. The van der Waals surface area contributed by atoms with Crippen LogP contribution in [0.25, 0.3) is 0 Å². The number of rotatable bonds is 5. The second-order valence-corrected chi connectivity index (χ2v) is 2.00. The first kappa shape index (κ1) is 10.2. The lowest BCUT2D eigenvalue weighted by molar-refractivity contribution is -0.154. The summed E-state index contributed by atoms with van der Waals surface area (Å²) in [6.07, 6.45) is 1.63. The summed E-state index contributed by atoms with van der Waals surface area (Å²) < 4.78 is 9.59. The Balaban J connectivity index is 3.80. The minimum atomic E-state index is -0.493. The van der Waals surface area contributed by atoms with E-state index in [0.717, 1.165) is 0 Å². The summed E-state index contributed by atoms with van der Waals surface area (Å²) in [5, 5.41) is 0. The molecule has 0 heterocycles. The molecule has 0 fully saturated rings. The van der Waals surface area contributed by atoms with Crippen LogP contribution in [0.5, 0.6) is 0 Å². The first-order chi connectivity index (χ1) is 5.26. The summed E-state index contributed by atoms with van der Waals surface area (Å²) in [6, 6.07) is 0. The molecule has 0 aromatic carbocycles. The number of carbonyl (C=O) groups excluding carboxylic acids is 1. The lowest BCUT2D eigenvalue weighted by Gasteiger charge is -2.10. The fraction of sp³-hybridized carbons (Fsp3) is 0.625. The molecule has 0 aromatic rings. The maximum atomic E-state index is 11.0. The largest absolute Gasteiger partial charge is 0.464 e. The Bertz CT molecular complexity index is 131. The van der Waals surface area contributed by atoms with Gasteiger partial charge in [0.2, 0.25) is 0 Å². The third kappa shape index (κ3) is 3.78. The van der Waals surface area contributed by atoms with Crippen LogP contribution in [0.15, 0.2) is 12.7 Å². The molecular formula is C8H14O3. The second-order valence-electron chi connectivity index (χ2n) is 2.00. The van der Waals surface area contributed by atoms with Crippen molar-refractivity contribution in [3.05, 3.63) is 12.7 Å². The summed E-state index contributed by atoms with van der Waals surface area (Å²) >= 11 is 0. The van der Waals surface area contributed by atoms with Crippen molar-refractivity contribution < 1.29 is 14.3 Å². The van der Waals surface area contributed by atoms with Crippen LogP contribution in [0.4, 0.5) is 0 Å². The van der Waals surface area contributed by atoms with Crippen molar-refractivity contribution in [2.45, 2.75) is 19.4 Å². The van der Waals surface area contributed by atoms with Gasteiger partial charge < -0.3 is 9.47 Å². The summed E-state index contributed by atoms with van der Waals surface area (Å²) in [6.45, 7) is 5.65. The van der Waals surface area contributed by atoms with E-state index >= 15 is 0 Å².